The van der Waals surface area contributed by atoms with Crippen LogP contribution in [-0.2, 0) is 4.79 Å². The van der Waals surface area contributed by atoms with Crippen LogP contribution in [0.2, 0.25) is 0 Å². The zero-order valence-electron chi connectivity index (χ0n) is 6.01. The third-order valence-electron chi connectivity index (χ3n) is 0.578. The lowest BCUT2D eigenvalue weighted by atomic mass is 10.1. The van der Waals surface area contributed by atoms with Crippen LogP contribution >= 0.6 is 0 Å². The fourth-order valence-electron chi connectivity index (χ4n) is 0.414. The van der Waals surface area contributed by atoms with Crippen LogP contribution < -0.4 is 11.3 Å². The first kappa shape index (κ1) is 8.39. The second-order valence-electron chi connectivity index (χ2n) is 2.87. The molecule has 9 heavy (non-hydrogen) atoms. The quantitative estimate of drug-likeness (QED) is 0.232. The Hall–Kier alpha value is -0.610. The minimum absolute atomic E-state index is 0.157. The van der Waals surface area contributed by atoms with Crippen molar-refractivity contribution in [1.82, 2.24) is 10.5 Å². The summed E-state index contributed by atoms with van der Waals surface area (Å²) in [6.07, 6.45) is 0.519. The van der Waals surface area contributed by atoms with Crippen molar-refractivity contribution in [2.24, 2.45) is 5.84 Å². The molecule has 0 aliphatic rings. The van der Waals surface area contributed by atoms with E-state index in [0.717, 1.165) is 5.12 Å². The van der Waals surface area contributed by atoms with Gasteiger partial charge >= 0.3 is 0 Å². The average Bonchev–Trinajstić information content (AvgIpc) is 1.62. The molecule has 0 unspecified atom stereocenters. The Kier molecular flexibility index (Phi) is 2.61. The summed E-state index contributed by atoms with van der Waals surface area (Å²) < 4.78 is 0. The number of hydrogen-bond donors (Lipinski definition) is 2. The highest BCUT2D eigenvalue weighted by molar-refractivity contribution is 5.44. The van der Waals surface area contributed by atoms with Gasteiger partial charge in [0.05, 0.1) is 0 Å². The second-order valence-corrected chi connectivity index (χ2v) is 2.87. The molecule has 0 spiro atoms. The predicted molar refractivity (Wildman–Crippen MR) is 35.0 cm³/mol. The molecule has 0 aromatic rings. The Bertz CT molecular complexity index is 96.9. The van der Waals surface area contributed by atoms with Crippen molar-refractivity contribution in [3.8, 4) is 0 Å². The highest BCUT2D eigenvalue weighted by Crippen LogP contribution is 1.96. The number of rotatable bonds is 2. The Labute approximate surface area is 55.0 Å². The molecule has 1 amide bonds. The van der Waals surface area contributed by atoms with E-state index in [1.807, 2.05) is 20.8 Å². The van der Waals surface area contributed by atoms with Crippen molar-refractivity contribution < 1.29 is 4.79 Å². The predicted octanol–water partition coefficient (Wildman–Crippen LogP) is -0.378. The molecular formula is C5H13N3O. The summed E-state index contributed by atoms with van der Waals surface area (Å²) in [5.41, 5.74) is 2.55. The van der Waals surface area contributed by atoms with Crippen LogP contribution in [0.25, 0.3) is 0 Å². The van der Waals surface area contributed by atoms with Crippen LogP contribution in [0.1, 0.15) is 20.8 Å². The largest absolute Gasteiger partial charge is 0.276 e. The van der Waals surface area contributed by atoms with Crippen LogP contribution in [0.4, 0.5) is 0 Å². The SMILES string of the molecule is CC(C)(C)NN(N)C=O. The van der Waals surface area contributed by atoms with Crippen molar-refractivity contribution in [2.75, 3.05) is 0 Å². The molecule has 0 saturated carbocycles. The number of nitrogens with one attached hydrogen (secondary N) is 1. The minimum atomic E-state index is -0.157. The average molecular weight is 131 g/mol. The molecule has 0 atom stereocenters. The van der Waals surface area contributed by atoms with Crippen molar-refractivity contribution in [3.05, 3.63) is 0 Å². The Morgan fingerprint density at radius 1 is 1.56 bits per heavy atom. The van der Waals surface area contributed by atoms with Gasteiger partial charge in [0.25, 0.3) is 0 Å². The Morgan fingerprint density at radius 3 is 2.11 bits per heavy atom. The number of nitrogens with two attached hydrogens (primary N) is 1. The van der Waals surface area contributed by atoms with Gasteiger partial charge in [-0.25, -0.2) is 16.4 Å². The fourth-order valence-corrected chi connectivity index (χ4v) is 0.414. The maximum Gasteiger partial charge on any atom is 0.238 e. The number of nitrogens with zero attached hydrogens (tertiary/aromatic N) is 1. The number of hydrogen-bond acceptors (Lipinski definition) is 3. The molecule has 0 radical (unpaired) electrons. The molecule has 4 heteroatoms. The minimum Gasteiger partial charge on any atom is -0.276 e. The van der Waals surface area contributed by atoms with Gasteiger partial charge in [0, 0.05) is 5.54 Å². The molecule has 0 aliphatic heterocycles. The van der Waals surface area contributed by atoms with Gasteiger partial charge in [-0.3, -0.25) is 4.79 Å². The first-order valence-electron chi connectivity index (χ1n) is 2.73. The molecule has 0 rings (SSSR count). The number of carbonyl (C=O) groups is 1. The van der Waals surface area contributed by atoms with E-state index < -0.39 is 0 Å². The molecule has 0 saturated heterocycles. The summed E-state index contributed by atoms with van der Waals surface area (Å²) in [5, 5.41) is 0.903. The smallest absolute Gasteiger partial charge is 0.238 e. The highest BCUT2D eigenvalue weighted by Gasteiger charge is 2.10. The van der Waals surface area contributed by atoms with Gasteiger partial charge in [0.15, 0.2) is 0 Å². The second kappa shape index (κ2) is 2.80. The lowest BCUT2D eigenvalue weighted by molar-refractivity contribution is -0.122. The zero-order valence-corrected chi connectivity index (χ0v) is 6.01. The Morgan fingerprint density at radius 2 is 2.00 bits per heavy atom. The van der Waals surface area contributed by atoms with Gasteiger partial charge in [-0.1, -0.05) is 0 Å². The van der Waals surface area contributed by atoms with Crippen molar-refractivity contribution >= 4 is 6.41 Å². The van der Waals surface area contributed by atoms with Gasteiger partial charge in [0.1, 0.15) is 0 Å². The third kappa shape index (κ3) is 5.26. The van der Waals surface area contributed by atoms with Gasteiger partial charge < -0.3 is 0 Å². The summed E-state index contributed by atoms with van der Waals surface area (Å²) in [6.45, 7) is 5.74. The van der Waals surface area contributed by atoms with Crippen LogP contribution in [0, 0.1) is 0 Å². The summed E-state index contributed by atoms with van der Waals surface area (Å²) in [4.78, 5) is 9.92. The molecule has 0 heterocycles. The van der Waals surface area contributed by atoms with Gasteiger partial charge in [-0.2, -0.15) is 0 Å². The zero-order chi connectivity index (χ0) is 7.49. The van der Waals surface area contributed by atoms with Gasteiger partial charge in [-0.15, -0.1) is 0 Å². The van der Waals surface area contributed by atoms with Crippen molar-refractivity contribution in [3.63, 3.8) is 0 Å². The molecule has 3 N–H and O–H groups in total. The van der Waals surface area contributed by atoms with E-state index in [1.165, 1.54) is 0 Å². The van der Waals surface area contributed by atoms with E-state index in [2.05, 4.69) is 5.43 Å². The summed E-state index contributed by atoms with van der Waals surface area (Å²) in [5.74, 6) is 5.11. The van der Waals surface area contributed by atoms with Crippen LogP contribution in [-0.4, -0.2) is 17.1 Å². The van der Waals surface area contributed by atoms with E-state index >= 15 is 0 Å². The highest BCUT2D eigenvalue weighted by atomic mass is 16.2. The maximum atomic E-state index is 9.92. The normalized spacial score (nSPS) is 11.1. The summed E-state index contributed by atoms with van der Waals surface area (Å²) in [7, 11) is 0. The van der Waals surface area contributed by atoms with Crippen molar-refractivity contribution in [1.29, 1.82) is 0 Å². The Balaban J connectivity index is 3.59. The van der Waals surface area contributed by atoms with Crippen molar-refractivity contribution in [2.45, 2.75) is 26.3 Å². The lowest BCUT2D eigenvalue weighted by Crippen LogP contribution is -2.52. The van der Waals surface area contributed by atoms with E-state index in [1.54, 1.807) is 0 Å². The molecule has 0 aromatic heterocycles. The number of carbonyl (C=O) groups excluding carboxylic acids is 1. The van der Waals surface area contributed by atoms with Gasteiger partial charge in [-0.05, 0) is 20.8 Å². The summed E-state index contributed by atoms with van der Waals surface area (Å²) >= 11 is 0. The first-order chi connectivity index (χ1) is 3.95. The molecule has 0 fully saturated rings. The molecule has 0 bridgehead atoms. The topological polar surface area (TPSA) is 58.4 Å². The molecule has 0 aliphatic carbocycles. The lowest BCUT2D eigenvalue weighted by Gasteiger charge is -2.24. The molecular weight excluding hydrogens is 118 g/mol. The molecule has 0 aromatic carbocycles. The molecule has 54 valence electrons. The summed E-state index contributed by atoms with van der Waals surface area (Å²) in [6, 6.07) is 0. The number of hydrazine groups is 2. The van der Waals surface area contributed by atoms with Crippen LogP contribution in [0.3, 0.4) is 0 Å². The first-order valence-corrected chi connectivity index (χ1v) is 2.73. The fraction of sp³-hybridized carbons (Fsp3) is 0.800. The standard InChI is InChI=1S/C5H13N3O/c1-5(2,3)7-8(6)4-9/h4,7H,6H2,1-3H3. The van der Waals surface area contributed by atoms with E-state index in [0.29, 0.717) is 6.41 Å². The maximum absolute atomic E-state index is 9.92. The number of amides is 1. The monoisotopic (exact) mass is 131 g/mol. The molecule has 4 nitrogen and oxygen atoms in total. The van der Waals surface area contributed by atoms with E-state index in [-0.39, 0.29) is 5.54 Å². The van der Waals surface area contributed by atoms with E-state index in [4.69, 9.17) is 5.84 Å². The van der Waals surface area contributed by atoms with E-state index in [9.17, 15) is 4.79 Å². The van der Waals surface area contributed by atoms with Crippen LogP contribution in [0.15, 0.2) is 0 Å². The van der Waals surface area contributed by atoms with Gasteiger partial charge in [0.2, 0.25) is 6.41 Å². The third-order valence-corrected chi connectivity index (χ3v) is 0.578. The van der Waals surface area contributed by atoms with Crippen LogP contribution in [0.5, 0.6) is 0 Å².